The molecule has 170 valence electrons. The van der Waals surface area contributed by atoms with Crippen molar-refractivity contribution in [1.29, 1.82) is 0 Å². The van der Waals surface area contributed by atoms with Crippen molar-refractivity contribution >= 4 is 28.5 Å². The van der Waals surface area contributed by atoms with Crippen LogP contribution in [0.1, 0.15) is 48.3 Å². The van der Waals surface area contributed by atoms with E-state index in [2.05, 4.69) is 0 Å². The predicted molar refractivity (Wildman–Crippen MR) is 122 cm³/mol. The number of carbonyl (C=O) groups is 1. The SMILES string of the molecule is CCOc1cc(Cc2cccc(Cl)c2F)cc2c(=O)c(C(=O)O)cn([C@H](CO)C(C)C)c12. The van der Waals surface area contributed by atoms with Crippen molar-refractivity contribution in [2.45, 2.75) is 33.2 Å². The van der Waals surface area contributed by atoms with Crippen LogP contribution >= 0.6 is 11.6 Å². The number of carboxylic acid groups (broad SMARTS) is 1. The Labute approximate surface area is 189 Å². The van der Waals surface area contributed by atoms with E-state index in [1.54, 1.807) is 35.8 Å². The summed E-state index contributed by atoms with van der Waals surface area (Å²) < 4.78 is 21.9. The van der Waals surface area contributed by atoms with Crippen LogP contribution in [-0.2, 0) is 6.42 Å². The zero-order chi connectivity index (χ0) is 23.6. The van der Waals surface area contributed by atoms with Crippen LogP contribution < -0.4 is 10.2 Å². The summed E-state index contributed by atoms with van der Waals surface area (Å²) in [6.45, 7) is 5.61. The standard InChI is InChI=1S/C24H25ClFNO5/c1-4-32-20-10-14(8-15-6-5-7-18(25)21(15)26)9-16-22(20)27(19(12-28)13(2)3)11-17(23(16)29)24(30)31/h5-7,9-11,13,19,28H,4,8,12H2,1-3H3,(H,30,31)/t19-/m1/s1. The second-order valence-electron chi connectivity index (χ2n) is 7.89. The second kappa shape index (κ2) is 9.71. The van der Waals surface area contributed by atoms with E-state index in [1.165, 1.54) is 12.3 Å². The van der Waals surface area contributed by atoms with Gasteiger partial charge in [-0.05, 0) is 42.2 Å². The third-order valence-corrected chi connectivity index (χ3v) is 5.71. The highest BCUT2D eigenvalue weighted by atomic mass is 35.5. The quantitative estimate of drug-likeness (QED) is 0.509. The first kappa shape index (κ1) is 23.8. The number of halogens is 2. The summed E-state index contributed by atoms with van der Waals surface area (Å²) in [5, 5.41) is 19.7. The maximum atomic E-state index is 14.5. The Balaban J connectivity index is 2.35. The van der Waals surface area contributed by atoms with E-state index < -0.39 is 28.8 Å². The lowest BCUT2D eigenvalue weighted by Gasteiger charge is -2.26. The third kappa shape index (κ3) is 4.49. The fourth-order valence-electron chi connectivity index (χ4n) is 3.82. The third-order valence-electron chi connectivity index (χ3n) is 5.42. The molecule has 0 amide bonds. The molecule has 1 aromatic heterocycles. The monoisotopic (exact) mass is 461 g/mol. The fraction of sp³-hybridized carbons (Fsp3) is 0.333. The number of fused-ring (bicyclic) bond motifs is 1. The summed E-state index contributed by atoms with van der Waals surface area (Å²) >= 11 is 5.90. The number of hydrogen-bond acceptors (Lipinski definition) is 4. The molecule has 8 heteroatoms. The molecule has 0 aliphatic heterocycles. The van der Waals surface area contributed by atoms with Crippen molar-refractivity contribution < 1.29 is 24.1 Å². The van der Waals surface area contributed by atoms with Crippen molar-refractivity contribution in [2.75, 3.05) is 13.2 Å². The van der Waals surface area contributed by atoms with E-state index in [-0.39, 0.29) is 29.4 Å². The van der Waals surface area contributed by atoms with Gasteiger partial charge < -0.3 is 19.5 Å². The normalized spacial score (nSPS) is 12.3. The van der Waals surface area contributed by atoms with Crippen molar-refractivity contribution in [3.63, 3.8) is 0 Å². The first-order chi connectivity index (χ1) is 15.2. The van der Waals surface area contributed by atoms with Crippen LogP contribution in [0.5, 0.6) is 5.75 Å². The zero-order valence-corrected chi connectivity index (χ0v) is 18.8. The number of aromatic nitrogens is 1. The molecule has 0 radical (unpaired) electrons. The Hall–Kier alpha value is -2.90. The van der Waals surface area contributed by atoms with Gasteiger partial charge in [-0.3, -0.25) is 4.79 Å². The molecule has 0 bridgehead atoms. The highest BCUT2D eigenvalue weighted by molar-refractivity contribution is 6.30. The van der Waals surface area contributed by atoms with E-state index in [4.69, 9.17) is 16.3 Å². The lowest BCUT2D eigenvalue weighted by atomic mass is 9.98. The van der Waals surface area contributed by atoms with E-state index in [0.717, 1.165) is 0 Å². The Morgan fingerprint density at radius 2 is 2.00 bits per heavy atom. The zero-order valence-electron chi connectivity index (χ0n) is 18.1. The van der Waals surface area contributed by atoms with E-state index in [1.807, 2.05) is 13.8 Å². The minimum absolute atomic E-state index is 0.00781. The van der Waals surface area contributed by atoms with Gasteiger partial charge in [0.2, 0.25) is 5.43 Å². The summed E-state index contributed by atoms with van der Waals surface area (Å²) in [6.07, 6.45) is 1.39. The van der Waals surface area contributed by atoms with Crippen molar-refractivity contribution in [3.8, 4) is 5.75 Å². The Morgan fingerprint density at radius 3 is 2.59 bits per heavy atom. The molecule has 1 atom stereocenters. The predicted octanol–water partition coefficient (Wildman–Crippen LogP) is 4.67. The highest BCUT2D eigenvalue weighted by Gasteiger charge is 2.24. The van der Waals surface area contributed by atoms with Gasteiger partial charge in [-0.15, -0.1) is 0 Å². The van der Waals surface area contributed by atoms with Crippen LogP contribution in [0, 0.1) is 11.7 Å². The maximum Gasteiger partial charge on any atom is 0.341 e. The van der Waals surface area contributed by atoms with Gasteiger partial charge in [0.05, 0.1) is 35.2 Å². The first-order valence-corrected chi connectivity index (χ1v) is 10.7. The average molecular weight is 462 g/mol. The maximum absolute atomic E-state index is 14.5. The number of rotatable bonds is 8. The van der Waals surface area contributed by atoms with Gasteiger partial charge in [0, 0.05) is 12.6 Å². The van der Waals surface area contributed by atoms with E-state index in [9.17, 15) is 24.2 Å². The van der Waals surface area contributed by atoms with Crippen LogP contribution in [0.3, 0.4) is 0 Å². The molecule has 32 heavy (non-hydrogen) atoms. The molecule has 0 saturated carbocycles. The number of benzene rings is 2. The number of aliphatic hydroxyl groups is 1. The summed E-state index contributed by atoms with van der Waals surface area (Å²) in [5.41, 5.74) is 0.219. The summed E-state index contributed by atoms with van der Waals surface area (Å²) in [5.74, 6) is -1.61. The van der Waals surface area contributed by atoms with Crippen LogP contribution in [0.25, 0.3) is 10.9 Å². The number of carboxylic acids is 1. The molecule has 3 rings (SSSR count). The van der Waals surface area contributed by atoms with Gasteiger partial charge in [-0.25, -0.2) is 9.18 Å². The second-order valence-corrected chi connectivity index (χ2v) is 8.30. The number of pyridine rings is 1. The Morgan fingerprint density at radius 1 is 1.28 bits per heavy atom. The number of ether oxygens (including phenoxy) is 1. The molecular weight excluding hydrogens is 437 g/mol. The molecule has 0 unspecified atom stereocenters. The molecule has 3 aromatic rings. The van der Waals surface area contributed by atoms with Crippen LogP contribution in [0.2, 0.25) is 5.02 Å². The van der Waals surface area contributed by atoms with Gasteiger partial charge in [0.15, 0.2) is 0 Å². The van der Waals surface area contributed by atoms with E-state index in [0.29, 0.717) is 29.0 Å². The van der Waals surface area contributed by atoms with Crippen molar-refractivity contribution in [3.05, 3.63) is 74.3 Å². The lowest BCUT2D eigenvalue weighted by Crippen LogP contribution is -2.26. The van der Waals surface area contributed by atoms with Crippen LogP contribution in [0.15, 0.2) is 41.3 Å². The van der Waals surface area contributed by atoms with Crippen molar-refractivity contribution in [1.82, 2.24) is 4.57 Å². The number of nitrogens with zero attached hydrogens (tertiary/aromatic N) is 1. The molecule has 0 spiro atoms. The molecule has 2 N–H and O–H groups in total. The van der Waals surface area contributed by atoms with E-state index >= 15 is 0 Å². The number of aromatic carboxylic acids is 1. The lowest BCUT2D eigenvalue weighted by molar-refractivity contribution is 0.0694. The van der Waals surface area contributed by atoms with Crippen LogP contribution in [-0.4, -0.2) is 34.0 Å². The molecule has 0 fully saturated rings. The molecule has 1 heterocycles. The van der Waals surface area contributed by atoms with Gasteiger partial charge >= 0.3 is 5.97 Å². The van der Waals surface area contributed by atoms with Gasteiger partial charge in [-0.1, -0.05) is 37.6 Å². The van der Waals surface area contributed by atoms with Gasteiger partial charge in [0.1, 0.15) is 17.1 Å². The first-order valence-electron chi connectivity index (χ1n) is 10.3. The Bertz CT molecular complexity index is 1220. The average Bonchev–Trinajstić information content (AvgIpc) is 2.73. The minimum Gasteiger partial charge on any atom is -0.492 e. The molecule has 0 saturated heterocycles. The topological polar surface area (TPSA) is 88.8 Å². The molecule has 6 nitrogen and oxygen atoms in total. The Kier molecular flexibility index (Phi) is 7.21. The molecule has 0 aliphatic carbocycles. The molecular formula is C24H25ClFNO5. The minimum atomic E-state index is -1.37. The summed E-state index contributed by atoms with van der Waals surface area (Å²) in [7, 11) is 0. The number of aliphatic hydroxyl groups excluding tert-OH is 1. The van der Waals surface area contributed by atoms with Crippen LogP contribution in [0.4, 0.5) is 4.39 Å². The largest absolute Gasteiger partial charge is 0.492 e. The van der Waals surface area contributed by atoms with Gasteiger partial charge in [0.25, 0.3) is 0 Å². The smallest absolute Gasteiger partial charge is 0.341 e. The number of hydrogen-bond donors (Lipinski definition) is 2. The summed E-state index contributed by atoms with van der Waals surface area (Å²) in [4.78, 5) is 24.9. The molecule has 0 aliphatic rings. The van der Waals surface area contributed by atoms with Gasteiger partial charge in [-0.2, -0.15) is 0 Å². The molecule has 2 aromatic carbocycles. The van der Waals surface area contributed by atoms with Crippen molar-refractivity contribution in [2.24, 2.45) is 5.92 Å². The fourth-order valence-corrected chi connectivity index (χ4v) is 4.01. The highest BCUT2D eigenvalue weighted by Crippen LogP contribution is 2.32. The summed E-state index contributed by atoms with van der Waals surface area (Å²) in [6, 6.07) is 7.46.